The van der Waals surface area contributed by atoms with Crippen LogP contribution in [0.1, 0.15) is 27.7 Å². The van der Waals surface area contributed by atoms with Gasteiger partial charge in [0.25, 0.3) is 0 Å². The molecule has 0 fully saturated rings. The van der Waals surface area contributed by atoms with Crippen LogP contribution in [-0.2, 0) is 0 Å². The monoisotopic (exact) mass is 194 g/mol. The average Bonchev–Trinajstić information content (AvgIpc) is 1.55. The van der Waals surface area contributed by atoms with Crippen LogP contribution in [-0.4, -0.2) is 52.2 Å². The predicted octanol–water partition coefficient (Wildman–Crippen LogP) is -2.71. The molecule has 0 bridgehead atoms. The third-order valence-corrected chi connectivity index (χ3v) is 1.50. The highest BCUT2D eigenvalue weighted by Gasteiger charge is 2.31. The van der Waals surface area contributed by atoms with Crippen molar-refractivity contribution in [1.82, 2.24) is 0 Å². The van der Waals surface area contributed by atoms with Crippen LogP contribution in [0.15, 0.2) is 0 Å². The van der Waals surface area contributed by atoms with Crippen LogP contribution in [0.4, 0.5) is 0 Å². The van der Waals surface area contributed by atoms with Gasteiger partial charge in [-0.15, -0.1) is 0 Å². The summed E-state index contributed by atoms with van der Waals surface area (Å²) in [6.45, 7) is 6.31. The molecule has 0 rings (SSSR count). The van der Waals surface area contributed by atoms with Crippen molar-refractivity contribution in [2.75, 3.05) is 0 Å². The molecule has 5 nitrogen and oxygen atoms in total. The summed E-state index contributed by atoms with van der Waals surface area (Å²) < 4.78 is 0. The lowest BCUT2D eigenvalue weighted by atomic mass is 9.90. The second-order valence-corrected chi connectivity index (χ2v) is 3.46. The normalized spacial score (nSPS) is 10.8. The number of hydrogen-bond donors (Lipinski definition) is 5. The van der Waals surface area contributed by atoms with Crippen LogP contribution in [0, 0.1) is 0 Å². The van der Waals surface area contributed by atoms with Crippen molar-refractivity contribution in [3.05, 3.63) is 0 Å². The minimum atomic E-state index is -2.17. The molecule has 0 radical (unpaired) electrons. The summed E-state index contributed by atoms with van der Waals surface area (Å²) in [5.41, 5.74) is -2.01. The maximum Gasteiger partial charge on any atom is 0.631 e. The van der Waals surface area contributed by atoms with Gasteiger partial charge in [-0.1, -0.05) is 0 Å². The predicted molar refractivity (Wildman–Crippen MR) is 54.9 cm³/mol. The van der Waals surface area contributed by atoms with Crippen LogP contribution >= 0.6 is 0 Å². The molecule has 0 heterocycles. The number of aliphatic hydroxyl groups is 2. The van der Waals surface area contributed by atoms with Crippen molar-refractivity contribution >= 4 is 15.7 Å². The van der Waals surface area contributed by atoms with E-state index in [1.165, 1.54) is 0 Å². The minimum Gasteiger partial charge on any atom is -0.402 e. The standard InChI is InChI=1S/C6H14O2.BH3O3.BH3/c1-5(2,7)6(3,4)8;2-1(3)4;/h7-8H,1-4H3;2-4H;1H3. The minimum absolute atomic E-state index is 0. The molecule has 0 aliphatic rings. The van der Waals surface area contributed by atoms with Gasteiger partial charge in [0.05, 0.1) is 19.6 Å². The molecule has 13 heavy (non-hydrogen) atoms. The molecule has 5 N–H and O–H groups in total. The smallest absolute Gasteiger partial charge is 0.402 e. The van der Waals surface area contributed by atoms with Crippen LogP contribution < -0.4 is 0 Å². The maximum absolute atomic E-state index is 9.10. The highest BCUT2D eigenvalue weighted by Crippen LogP contribution is 2.19. The Labute approximate surface area is 80.8 Å². The van der Waals surface area contributed by atoms with E-state index in [0.29, 0.717) is 0 Å². The van der Waals surface area contributed by atoms with Gasteiger partial charge in [0.1, 0.15) is 0 Å². The largest absolute Gasteiger partial charge is 0.631 e. The molecule has 80 valence electrons. The van der Waals surface area contributed by atoms with Crippen molar-refractivity contribution in [2.45, 2.75) is 38.9 Å². The topological polar surface area (TPSA) is 101 Å². The zero-order valence-corrected chi connectivity index (χ0v) is 7.81. The van der Waals surface area contributed by atoms with Gasteiger partial charge >= 0.3 is 7.32 Å². The van der Waals surface area contributed by atoms with Gasteiger partial charge < -0.3 is 25.3 Å². The van der Waals surface area contributed by atoms with Gasteiger partial charge in [0, 0.05) is 0 Å². The van der Waals surface area contributed by atoms with Gasteiger partial charge in [-0.05, 0) is 27.7 Å². The first kappa shape index (κ1) is 18.7. The summed E-state index contributed by atoms with van der Waals surface area (Å²) >= 11 is 0. The Hall–Kier alpha value is -0.0701. The first-order valence-corrected chi connectivity index (χ1v) is 3.47. The Morgan fingerprint density at radius 2 is 0.846 bits per heavy atom. The van der Waals surface area contributed by atoms with Crippen LogP contribution in [0.5, 0.6) is 0 Å². The molecule has 0 saturated carbocycles. The molecular weight excluding hydrogens is 174 g/mol. The van der Waals surface area contributed by atoms with Gasteiger partial charge in [-0.2, -0.15) is 0 Å². The summed E-state index contributed by atoms with van der Waals surface area (Å²) in [4.78, 5) is 0. The van der Waals surface area contributed by atoms with E-state index >= 15 is 0 Å². The molecule has 0 aliphatic carbocycles. The highest BCUT2D eigenvalue weighted by atomic mass is 16.5. The summed E-state index contributed by atoms with van der Waals surface area (Å²) in [5.74, 6) is 0. The SMILES string of the molecule is B.CC(C)(O)C(C)(C)O.OB(O)O. The molecule has 0 saturated heterocycles. The third-order valence-electron chi connectivity index (χ3n) is 1.50. The zero-order valence-electron chi connectivity index (χ0n) is 7.81. The molecule has 0 amide bonds. The fourth-order valence-corrected chi connectivity index (χ4v) is 0. The average molecular weight is 194 g/mol. The van der Waals surface area contributed by atoms with Gasteiger partial charge in [0.2, 0.25) is 0 Å². The van der Waals surface area contributed by atoms with Crippen molar-refractivity contribution in [3.8, 4) is 0 Å². The van der Waals surface area contributed by atoms with Crippen LogP contribution in [0.3, 0.4) is 0 Å². The van der Waals surface area contributed by atoms with E-state index < -0.39 is 18.5 Å². The summed E-state index contributed by atoms with van der Waals surface area (Å²) in [6.07, 6.45) is 0. The lowest BCUT2D eigenvalue weighted by Gasteiger charge is -2.31. The van der Waals surface area contributed by atoms with E-state index in [0.717, 1.165) is 0 Å². The van der Waals surface area contributed by atoms with Crippen molar-refractivity contribution in [3.63, 3.8) is 0 Å². The summed E-state index contributed by atoms with van der Waals surface area (Å²) in [5, 5.41) is 39.7. The van der Waals surface area contributed by atoms with E-state index in [2.05, 4.69) is 0 Å². The third kappa shape index (κ3) is 14.8. The molecule has 0 aliphatic heterocycles. The molecule has 0 aromatic rings. The molecular formula is C6H20B2O5. The Morgan fingerprint density at radius 1 is 0.769 bits per heavy atom. The Balaban J connectivity index is -0.000000173. The molecule has 0 unspecified atom stereocenters. The number of rotatable bonds is 1. The van der Waals surface area contributed by atoms with Crippen molar-refractivity contribution < 1.29 is 25.3 Å². The van der Waals surface area contributed by atoms with Gasteiger partial charge in [0.15, 0.2) is 0 Å². The van der Waals surface area contributed by atoms with Crippen molar-refractivity contribution in [2.24, 2.45) is 0 Å². The highest BCUT2D eigenvalue weighted by molar-refractivity contribution is 6.30. The number of hydrogen-bond acceptors (Lipinski definition) is 5. The zero-order chi connectivity index (χ0) is 10.6. The second-order valence-electron chi connectivity index (χ2n) is 3.46. The van der Waals surface area contributed by atoms with Crippen LogP contribution in [0.2, 0.25) is 0 Å². The fourth-order valence-electron chi connectivity index (χ4n) is 0. The van der Waals surface area contributed by atoms with E-state index in [1.807, 2.05) is 0 Å². The van der Waals surface area contributed by atoms with E-state index in [-0.39, 0.29) is 8.41 Å². The Kier molecular flexibility index (Phi) is 9.18. The Bertz CT molecular complexity index is 100. The summed E-state index contributed by atoms with van der Waals surface area (Å²) in [6, 6.07) is 0. The Morgan fingerprint density at radius 3 is 0.846 bits per heavy atom. The second kappa shape index (κ2) is 6.39. The maximum atomic E-state index is 9.10. The lowest BCUT2D eigenvalue weighted by Crippen LogP contribution is -2.44. The molecule has 7 heteroatoms. The molecule has 0 aromatic heterocycles. The first-order valence-electron chi connectivity index (χ1n) is 3.47. The van der Waals surface area contributed by atoms with E-state index in [1.54, 1.807) is 27.7 Å². The first-order chi connectivity index (χ1) is 4.98. The molecule has 0 spiro atoms. The van der Waals surface area contributed by atoms with E-state index in [9.17, 15) is 0 Å². The van der Waals surface area contributed by atoms with E-state index in [4.69, 9.17) is 25.3 Å². The fraction of sp³-hybridized carbons (Fsp3) is 1.00. The van der Waals surface area contributed by atoms with Gasteiger partial charge in [-0.3, -0.25) is 0 Å². The van der Waals surface area contributed by atoms with Gasteiger partial charge in [-0.25, -0.2) is 0 Å². The quantitative estimate of drug-likeness (QED) is 0.292. The molecule has 0 aromatic carbocycles. The van der Waals surface area contributed by atoms with Crippen molar-refractivity contribution in [1.29, 1.82) is 0 Å². The van der Waals surface area contributed by atoms with Crippen LogP contribution in [0.25, 0.3) is 0 Å². The molecule has 0 atom stereocenters. The summed E-state index contributed by atoms with van der Waals surface area (Å²) in [7, 11) is -2.17. The lowest BCUT2D eigenvalue weighted by molar-refractivity contribution is -0.107.